The SMILES string of the molecule is Cc1ccc(N2C[C@@H](C(=O)Nc3ccc(Oc4ccc(Br)cc4)cc3)CC2=O)cc1. The Labute approximate surface area is 183 Å². The standard InChI is InChI=1S/C24H21BrN2O3/c1-16-2-8-20(9-3-16)27-15-17(14-23(27)28)24(29)26-19-6-12-22(13-7-19)30-21-10-4-18(25)5-11-21/h2-13,17H,14-15H2,1H3,(H,26,29)/t17-/m0/s1. The number of benzene rings is 3. The molecule has 1 fully saturated rings. The zero-order chi connectivity index (χ0) is 21.1. The van der Waals surface area contributed by atoms with Gasteiger partial charge < -0.3 is 15.0 Å². The number of hydrogen-bond donors (Lipinski definition) is 1. The predicted molar refractivity (Wildman–Crippen MR) is 121 cm³/mol. The van der Waals surface area contributed by atoms with Gasteiger partial charge >= 0.3 is 0 Å². The fourth-order valence-corrected chi connectivity index (χ4v) is 3.61. The lowest BCUT2D eigenvalue weighted by molar-refractivity contribution is -0.122. The number of rotatable bonds is 5. The molecule has 3 aromatic carbocycles. The third kappa shape index (κ3) is 4.71. The van der Waals surface area contributed by atoms with Crippen molar-refractivity contribution in [2.45, 2.75) is 13.3 Å². The van der Waals surface area contributed by atoms with Gasteiger partial charge in [-0.2, -0.15) is 0 Å². The van der Waals surface area contributed by atoms with Crippen LogP contribution in [0, 0.1) is 12.8 Å². The van der Waals surface area contributed by atoms with Crippen LogP contribution in [0.2, 0.25) is 0 Å². The Hall–Kier alpha value is -3.12. The van der Waals surface area contributed by atoms with E-state index < -0.39 is 0 Å². The van der Waals surface area contributed by atoms with Crippen LogP contribution >= 0.6 is 15.9 Å². The van der Waals surface area contributed by atoms with Crippen LogP contribution in [-0.4, -0.2) is 18.4 Å². The maximum absolute atomic E-state index is 12.7. The van der Waals surface area contributed by atoms with Crippen LogP contribution < -0.4 is 15.0 Å². The van der Waals surface area contributed by atoms with E-state index in [-0.39, 0.29) is 24.2 Å². The van der Waals surface area contributed by atoms with E-state index in [4.69, 9.17) is 4.74 Å². The summed E-state index contributed by atoms with van der Waals surface area (Å²) >= 11 is 3.39. The van der Waals surface area contributed by atoms with Crippen molar-refractivity contribution in [2.24, 2.45) is 5.92 Å². The molecule has 6 heteroatoms. The van der Waals surface area contributed by atoms with E-state index in [1.807, 2.05) is 55.5 Å². The molecule has 2 amide bonds. The van der Waals surface area contributed by atoms with Gasteiger partial charge in [0, 0.05) is 28.8 Å². The van der Waals surface area contributed by atoms with Gasteiger partial charge in [-0.15, -0.1) is 0 Å². The summed E-state index contributed by atoms with van der Waals surface area (Å²) in [4.78, 5) is 26.7. The summed E-state index contributed by atoms with van der Waals surface area (Å²) < 4.78 is 6.78. The van der Waals surface area contributed by atoms with Crippen molar-refractivity contribution in [3.8, 4) is 11.5 Å². The average molecular weight is 465 g/mol. The lowest BCUT2D eigenvalue weighted by atomic mass is 10.1. The Morgan fingerprint density at radius 1 is 0.967 bits per heavy atom. The molecule has 0 spiro atoms. The summed E-state index contributed by atoms with van der Waals surface area (Å²) in [7, 11) is 0. The number of aryl methyl sites for hydroxylation is 1. The monoisotopic (exact) mass is 464 g/mol. The van der Waals surface area contributed by atoms with Gasteiger partial charge in [0.15, 0.2) is 0 Å². The predicted octanol–water partition coefficient (Wildman–Crippen LogP) is 5.54. The minimum Gasteiger partial charge on any atom is -0.457 e. The Morgan fingerprint density at radius 2 is 1.57 bits per heavy atom. The third-order valence-electron chi connectivity index (χ3n) is 5.01. The first-order chi connectivity index (χ1) is 14.5. The highest BCUT2D eigenvalue weighted by Crippen LogP contribution is 2.28. The molecular formula is C24H21BrN2O3. The number of hydrogen-bond acceptors (Lipinski definition) is 3. The Balaban J connectivity index is 1.36. The van der Waals surface area contributed by atoms with Gasteiger partial charge in [-0.1, -0.05) is 33.6 Å². The number of nitrogens with one attached hydrogen (secondary N) is 1. The van der Waals surface area contributed by atoms with Gasteiger partial charge in [-0.25, -0.2) is 0 Å². The molecule has 1 heterocycles. The number of halogens is 1. The Morgan fingerprint density at radius 3 is 2.20 bits per heavy atom. The molecule has 4 rings (SSSR count). The van der Waals surface area contributed by atoms with Crippen molar-refractivity contribution < 1.29 is 14.3 Å². The summed E-state index contributed by atoms with van der Waals surface area (Å²) in [5.74, 6) is 0.849. The average Bonchev–Trinajstić information content (AvgIpc) is 3.13. The van der Waals surface area contributed by atoms with Crippen LogP contribution in [0.15, 0.2) is 77.3 Å². The van der Waals surface area contributed by atoms with Crippen molar-refractivity contribution in [3.05, 3.63) is 82.8 Å². The van der Waals surface area contributed by atoms with Gasteiger partial charge in [0.05, 0.1) is 5.92 Å². The lowest BCUT2D eigenvalue weighted by Crippen LogP contribution is -2.28. The van der Waals surface area contributed by atoms with Crippen molar-refractivity contribution >= 4 is 39.1 Å². The molecule has 1 aliphatic rings. The van der Waals surface area contributed by atoms with E-state index in [1.165, 1.54) is 0 Å². The molecule has 0 unspecified atom stereocenters. The molecule has 0 aromatic heterocycles. The second-order valence-corrected chi connectivity index (χ2v) is 8.23. The van der Waals surface area contributed by atoms with E-state index >= 15 is 0 Å². The summed E-state index contributed by atoms with van der Waals surface area (Å²) in [6, 6.07) is 22.5. The van der Waals surface area contributed by atoms with E-state index in [9.17, 15) is 9.59 Å². The highest BCUT2D eigenvalue weighted by atomic mass is 79.9. The number of carbonyl (C=O) groups is 2. The summed E-state index contributed by atoms with van der Waals surface area (Å²) in [5, 5.41) is 2.90. The van der Waals surface area contributed by atoms with Crippen LogP contribution in [0.25, 0.3) is 0 Å². The van der Waals surface area contributed by atoms with E-state index in [0.29, 0.717) is 18.0 Å². The molecule has 1 aliphatic heterocycles. The zero-order valence-corrected chi connectivity index (χ0v) is 18.1. The largest absolute Gasteiger partial charge is 0.457 e. The van der Waals surface area contributed by atoms with Crippen LogP contribution in [0.3, 0.4) is 0 Å². The molecule has 1 atom stereocenters. The number of ether oxygens (including phenoxy) is 1. The van der Waals surface area contributed by atoms with E-state index in [2.05, 4.69) is 21.2 Å². The third-order valence-corrected chi connectivity index (χ3v) is 5.54. The molecule has 0 bridgehead atoms. The first-order valence-electron chi connectivity index (χ1n) is 9.69. The first kappa shape index (κ1) is 20.2. The van der Waals surface area contributed by atoms with Crippen molar-refractivity contribution in [3.63, 3.8) is 0 Å². The molecule has 3 aromatic rings. The molecular weight excluding hydrogens is 444 g/mol. The van der Waals surface area contributed by atoms with E-state index in [1.54, 1.807) is 29.2 Å². The van der Waals surface area contributed by atoms with Crippen LogP contribution in [0.1, 0.15) is 12.0 Å². The molecule has 0 radical (unpaired) electrons. The number of amides is 2. The number of anilines is 2. The fraction of sp³-hybridized carbons (Fsp3) is 0.167. The quantitative estimate of drug-likeness (QED) is 0.538. The normalized spacial score (nSPS) is 15.9. The first-order valence-corrected chi connectivity index (χ1v) is 10.5. The van der Waals surface area contributed by atoms with Crippen molar-refractivity contribution in [1.82, 2.24) is 0 Å². The zero-order valence-electron chi connectivity index (χ0n) is 16.5. The molecule has 1 N–H and O–H groups in total. The van der Waals surface area contributed by atoms with Gasteiger partial charge in [0.25, 0.3) is 0 Å². The molecule has 0 aliphatic carbocycles. The number of nitrogens with zero attached hydrogens (tertiary/aromatic N) is 1. The van der Waals surface area contributed by atoms with Gasteiger partial charge in [-0.3, -0.25) is 9.59 Å². The Bertz CT molecular complexity index is 1050. The van der Waals surface area contributed by atoms with Crippen molar-refractivity contribution in [1.29, 1.82) is 0 Å². The molecule has 5 nitrogen and oxygen atoms in total. The number of carbonyl (C=O) groups excluding carboxylic acids is 2. The smallest absolute Gasteiger partial charge is 0.229 e. The molecule has 0 saturated carbocycles. The highest BCUT2D eigenvalue weighted by Gasteiger charge is 2.35. The van der Waals surface area contributed by atoms with Crippen LogP contribution in [0.4, 0.5) is 11.4 Å². The van der Waals surface area contributed by atoms with Gasteiger partial charge in [-0.05, 0) is 67.6 Å². The van der Waals surface area contributed by atoms with Gasteiger partial charge in [0.2, 0.25) is 11.8 Å². The topological polar surface area (TPSA) is 58.6 Å². The summed E-state index contributed by atoms with van der Waals surface area (Å²) in [5.41, 5.74) is 2.63. The second kappa shape index (κ2) is 8.71. The summed E-state index contributed by atoms with van der Waals surface area (Å²) in [6.45, 7) is 2.39. The second-order valence-electron chi connectivity index (χ2n) is 7.31. The maximum atomic E-state index is 12.7. The van der Waals surface area contributed by atoms with Crippen LogP contribution in [0.5, 0.6) is 11.5 Å². The lowest BCUT2D eigenvalue weighted by Gasteiger charge is -2.17. The molecule has 152 valence electrons. The molecule has 1 saturated heterocycles. The molecule has 30 heavy (non-hydrogen) atoms. The van der Waals surface area contributed by atoms with Crippen LogP contribution in [-0.2, 0) is 9.59 Å². The summed E-state index contributed by atoms with van der Waals surface area (Å²) in [6.07, 6.45) is 0.213. The Kier molecular flexibility index (Phi) is 5.86. The maximum Gasteiger partial charge on any atom is 0.229 e. The highest BCUT2D eigenvalue weighted by molar-refractivity contribution is 9.10. The van der Waals surface area contributed by atoms with Crippen molar-refractivity contribution in [2.75, 3.05) is 16.8 Å². The van der Waals surface area contributed by atoms with E-state index in [0.717, 1.165) is 21.5 Å². The minimum absolute atomic E-state index is 0.0303. The van der Waals surface area contributed by atoms with Gasteiger partial charge in [0.1, 0.15) is 11.5 Å². The minimum atomic E-state index is -0.377. The fourth-order valence-electron chi connectivity index (χ4n) is 3.35.